The highest BCUT2D eigenvalue weighted by atomic mass is 15.1. The van der Waals surface area contributed by atoms with Crippen LogP contribution in [0.15, 0.2) is 267 Å². The van der Waals surface area contributed by atoms with Crippen molar-refractivity contribution in [3.63, 3.8) is 0 Å². The molecule has 0 saturated heterocycles. The van der Waals surface area contributed by atoms with Crippen LogP contribution < -0.4 is 9.80 Å². The molecule has 0 amide bonds. The van der Waals surface area contributed by atoms with E-state index in [1.807, 2.05) is 48.5 Å². The zero-order valence-corrected chi connectivity index (χ0v) is 46.6. The van der Waals surface area contributed by atoms with Crippen molar-refractivity contribution in [3.05, 3.63) is 284 Å². The molecule has 2 aromatic heterocycles. The van der Waals surface area contributed by atoms with E-state index in [9.17, 15) is 0 Å². The van der Waals surface area contributed by atoms with E-state index in [2.05, 4.69) is 255 Å². The van der Waals surface area contributed by atoms with Gasteiger partial charge in [0.25, 0.3) is 0 Å². The van der Waals surface area contributed by atoms with E-state index in [1.165, 1.54) is 98.2 Å². The molecule has 0 saturated carbocycles. The van der Waals surface area contributed by atoms with Crippen molar-refractivity contribution >= 4 is 105 Å². The summed E-state index contributed by atoms with van der Waals surface area (Å²) >= 11 is 0. The summed E-state index contributed by atoms with van der Waals surface area (Å²) in [5.74, 6) is 0. The number of rotatable bonds is 8. The highest BCUT2D eigenvalue weighted by Crippen LogP contribution is 2.55. The monoisotopic (exact) mass is 1050 g/mol. The molecule has 1 aliphatic carbocycles. The van der Waals surface area contributed by atoms with Gasteiger partial charge in [0.05, 0.1) is 19.3 Å². The van der Waals surface area contributed by atoms with Gasteiger partial charge in [0.2, 0.25) is 0 Å². The van der Waals surface area contributed by atoms with Crippen LogP contribution in [0.1, 0.15) is 54.1 Å². The molecule has 0 fully saturated rings. The maximum Gasteiger partial charge on any atom is 0.0623 e. The number of benzene rings is 13. The molecule has 3 nitrogen and oxygen atoms in total. The van der Waals surface area contributed by atoms with Gasteiger partial charge >= 0.3 is 0 Å². The third-order valence-electron chi connectivity index (χ3n) is 17.9. The third kappa shape index (κ3) is 7.50. The maximum atomic E-state index is 8.08. The summed E-state index contributed by atoms with van der Waals surface area (Å²) in [6, 6.07) is 94.0. The highest BCUT2D eigenvalue weighted by molar-refractivity contribution is 6.26. The number of hydrogen-bond donors (Lipinski definition) is 0. The predicted molar refractivity (Wildman–Crippen MR) is 350 cm³/mol. The van der Waals surface area contributed by atoms with Crippen LogP contribution in [0.5, 0.6) is 0 Å². The van der Waals surface area contributed by atoms with Crippen molar-refractivity contribution in [3.8, 4) is 33.4 Å². The van der Waals surface area contributed by atoms with Crippen LogP contribution in [0.4, 0.5) is 34.1 Å². The van der Waals surface area contributed by atoms with Gasteiger partial charge in [-0.3, -0.25) is 0 Å². The van der Waals surface area contributed by atoms with Crippen LogP contribution in [0.25, 0.3) is 104 Å². The van der Waals surface area contributed by atoms with Gasteiger partial charge in [0.15, 0.2) is 0 Å². The average molecular weight is 1050 g/mol. The Balaban J connectivity index is 0.867. The lowest BCUT2D eigenvalue weighted by Crippen LogP contribution is -2.16. The smallest absolute Gasteiger partial charge is 0.0623 e. The SMILES string of the molecule is [2H]c1ccc(-c2ccc(N(c3ccc4c(c3)C(C)(C)c3ccc5cc6c(cc5c3-4)c3cc(C(C)(C)C)cc4c5ccc(N(c7ccc(-c8ccc([2H])cc8)cc7)c7ccc8ccccc8c7)cc5n6c43)c3ccc4ccccc4c3)cc2)cc1. The van der Waals surface area contributed by atoms with E-state index in [0.717, 1.165) is 56.4 Å². The molecule has 390 valence electrons. The van der Waals surface area contributed by atoms with Crippen LogP contribution in [0, 0.1) is 0 Å². The topological polar surface area (TPSA) is 10.9 Å². The summed E-state index contributed by atoms with van der Waals surface area (Å²) < 4.78 is 18.7. The maximum absolute atomic E-state index is 8.08. The van der Waals surface area contributed by atoms with E-state index < -0.39 is 0 Å². The van der Waals surface area contributed by atoms with Gasteiger partial charge in [-0.1, -0.05) is 204 Å². The van der Waals surface area contributed by atoms with E-state index in [1.54, 1.807) is 0 Å². The van der Waals surface area contributed by atoms with Gasteiger partial charge in [-0.05, 0) is 185 Å². The molecule has 2 heterocycles. The fourth-order valence-electron chi connectivity index (χ4n) is 13.6. The minimum absolute atomic E-state index is 0.0829. The van der Waals surface area contributed by atoms with E-state index in [-0.39, 0.29) is 10.8 Å². The minimum Gasteiger partial charge on any atom is -0.310 e. The molecule has 0 unspecified atom stereocenters. The molecule has 0 radical (unpaired) electrons. The first-order valence-electron chi connectivity index (χ1n) is 29.6. The van der Waals surface area contributed by atoms with E-state index in [0.29, 0.717) is 12.1 Å². The normalized spacial score (nSPS) is 13.4. The molecule has 0 bridgehead atoms. The van der Waals surface area contributed by atoms with Gasteiger partial charge < -0.3 is 14.2 Å². The number of nitrogens with zero attached hydrogens (tertiary/aromatic N) is 3. The Morgan fingerprint density at radius 3 is 1.39 bits per heavy atom. The molecule has 16 rings (SSSR count). The lowest BCUT2D eigenvalue weighted by atomic mass is 9.81. The molecule has 0 spiro atoms. The fourth-order valence-corrected chi connectivity index (χ4v) is 13.6. The molecule has 82 heavy (non-hydrogen) atoms. The molecule has 0 N–H and O–H groups in total. The highest BCUT2D eigenvalue weighted by Gasteiger charge is 2.38. The molecule has 1 aliphatic rings. The Labute approximate surface area is 481 Å². The van der Waals surface area contributed by atoms with Crippen molar-refractivity contribution in [2.45, 2.75) is 45.4 Å². The third-order valence-corrected chi connectivity index (χ3v) is 17.9. The van der Waals surface area contributed by atoms with Crippen LogP contribution in [-0.2, 0) is 10.8 Å². The van der Waals surface area contributed by atoms with E-state index in [4.69, 9.17) is 2.74 Å². The zero-order valence-electron chi connectivity index (χ0n) is 48.6. The number of fused-ring (bicyclic) bond motifs is 13. The molecule has 0 aliphatic heterocycles. The number of aromatic nitrogens is 1. The molecule has 13 aromatic carbocycles. The Bertz CT molecular complexity index is 5140. The molecule has 3 heteroatoms. The first-order valence-corrected chi connectivity index (χ1v) is 28.6. The van der Waals surface area contributed by atoms with Crippen LogP contribution >= 0.6 is 0 Å². The Morgan fingerprint density at radius 2 is 0.817 bits per heavy atom. The lowest BCUT2D eigenvalue weighted by molar-refractivity contribution is 0.592. The summed E-state index contributed by atoms with van der Waals surface area (Å²) in [5.41, 5.74) is 20.8. The minimum atomic E-state index is -0.279. The first kappa shape index (κ1) is 45.9. The van der Waals surface area contributed by atoms with Crippen molar-refractivity contribution in [2.24, 2.45) is 0 Å². The van der Waals surface area contributed by atoms with Crippen molar-refractivity contribution < 1.29 is 2.74 Å². The second kappa shape index (κ2) is 18.0. The van der Waals surface area contributed by atoms with Crippen molar-refractivity contribution in [1.82, 2.24) is 4.40 Å². The van der Waals surface area contributed by atoms with E-state index >= 15 is 0 Å². The Kier molecular flexibility index (Phi) is 10.1. The van der Waals surface area contributed by atoms with Crippen LogP contribution in [0.2, 0.25) is 0 Å². The van der Waals surface area contributed by atoms with Crippen LogP contribution in [0.3, 0.4) is 0 Å². The first-order chi connectivity index (χ1) is 40.8. The van der Waals surface area contributed by atoms with Gasteiger partial charge in [-0.25, -0.2) is 0 Å². The average Bonchev–Trinajstić information content (AvgIpc) is 1.59. The Hall–Kier alpha value is -9.96. The molecule has 0 atom stereocenters. The number of hydrogen-bond acceptors (Lipinski definition) is 2. The summed E-state index contributed by atoms with van der Waals surface area (Å²) in [7, 11) is 0. The van der Waals surface area contributed by atoms with Gasteiger partial charge in [-0.2, -0.15) is 0 Å². The van der Waals surface area contributed by atoms with Gasteiger partial charge in [0, 0.05) is 61.1 Å². The van der Waals surface area contributed by atoms with Crippen molar-refractivity contribution in [2.75, 3.05) is 9.80 Å². The summed E-state index contributed by atoms with van der Waals surface area (Å²) in [4.78, 5) is 4.81. The molecule has 15 aromatic rings. The summed E-state index contributed by atoms with van der Waals surface area (Å²) in [6.07, 6.45) is 0. The lowest BCUT2D eigenvalue weighted by Gasteiger charge is -2.28. The standard InChI is InChI=1S/C79H59N3/c1-78(2,3)59-45-70-66-39-37-65(81(63-36-29-53-21-13-15-23-57(53)43-63)61-33-26-55(27-34-61)51-18-10-7-11-19-51)48-75(66)82-74-44-58-30-41-72-76(68(58)49-69(74)71(46-59)77(70)82)67-40-38-64(47-73(67)79(72,4)5)80(62-35-28-52-20-12-14-22-56(52)42-62)60-31-24-54(25-32-60)50-16-8-6-9-17-50/h6-49H,1-5H3/i6D,7D. The predicted octanol–water partition coefficient (Wildman–Crippen LogP) is 22.2. The van der Waals surface area contributed by atoms with Gasteiger partial charge in [-0.15, -0.1) is 0 Å². The fraction of sp³-hybridized carbons (Fsp3) is 0.0886. The van der Waals surface area contributed by atoms with Crippen LogP contribution in [-0.4, -0.2) is 4.40 Å². The number of anilines is 6. The quantitative estimate of drug-likeness (QED) is 0.150. The summed E-state index contributed by atoms with van der Waals surface area (Å²) in [5, 5.41) is 12.4. The second-order valence-electron chi connectivity index (χ2n) is 24.0. The largest absolute Gasteiger partial charge is 0.310 e. The van der Waals surface area contributed by atoms with Crippen molar-refractivity contribution in [1.29, 1.82) is 0 Å². The zero-order chi connectivity index (χ0) is 56.8. The molecular formula is C79H59N3. The molecular weight excluding hydrogens is 991 g/mol. The Morgan fingerprint density at radius 1 is 0.354 bits per heavy atom. The van der Waals surface area contributed by atoms with Gasteiger partial charge in [0.1, 0.15) is 0 Å². The summed E-state index contributed by atoms with van der Waals surface area (Å²) in [6.45, 7) is 11.8. The second-order valence-corrected chi connectivity index (χ2v) is 24.0.